The van der Waals surface area contributed by atoms with Gasteiger partial charge in [-0.15, -0.1) is 0 Å². The van der Waals surface area contributed by atoms with Gasteiger partial charge in [0.05, 0.1) is 12.3 Å². The van der Waals surface area contributed by atoms with Crippen molar-refractivity contribution < 1.29 is 23.5 Å². The van der Waals surface area contributed by atoms with Gasteiger partial charge in [0.1, 0.15) is 11.5 Å². The Morgan fingerprint density at radius 1 is 0.971 bits per heavy atom. The molecule has 4 aromatic rings. The monoisotopic (exact) mass is 470 g/mol. The third kappa shape index (κ3) is 5.19. The second-order valence-electron chi connectivity index (χ2n) is 8.57. The lowest BCUT2D eigenvalue weighted by Gasteiger charge is -2.08. The summed E-state index contributed by atoms with van der Waals surface area (Å²) < 4.78 is 16.9. The lowest BCUT2D eigenvalue weighted by molar-refractivity contribution is -0.123. The van der Waals surface area contributed by atoms with Gasteiger partial charge < -0.3 is 13.9 Å². The molecule has 0 saturated carbocycles. The number of imide groups is 1. The molecule has 0 aliphatic carbocycles. The Morgan fingerprint density at radius 3 is 2.57 bits per heavy atom. The number of rotatable bonds is 9. The Morgan fingerprint density at radius 2 is 1.77 bits per heavy atom. The van der Waals surface area contributed by atoms with Crippen molar-refractivity contribution in [3.63, 3.8) is 0 Å². The van der Waals surface area contributed by atoms with Gasteiger partial charge >= 0.3 is 6.09 Å². The molecule has 0 spiro atoms. The molecule has 1 saturated heterocycles. The second-order valence-corrected chi connectivity index (χ2v) is 8.57. The van der Waals surface area contributed by atoms with Crippen LogP contribution in [0.25, 0.3) is 22.2 Å². The zero-order chi connectivity index (χ0) is 24.2. The SMILES string of the molecule is Cc1oc(-c2cccc3ccccc23)nc1CCOc1ccc(CCCC2OC(=O)NC2=O)cc1. The Labute approximate surface area is 203 Å². The van der Waals surface area contributed by atoms with Crippen LogP contribution in [0.2, 0.25) is 0 Å². The van der Waals surface area contributed by atoms with Crippen molar-refractivity contribution in [2.75, 3.05) is 6.61 Å². The number of nitrogens with one attached hydrogen (secondary N) is 1. The number of hydrogen-bond acceptors (Lipinski definition) is 6. The van der Waals surface area contributed by atoms with Crippen LogP contribution in [0.3, 0.4) is 0 Å². The van der Waals surface area contributed by atoms with E-state index in [2.05, 4.69) is 23.5 Å². The maximum Gasteiger partial charge on any atom is 0.414 e. The van der Waals surface area contributed by atoms with Gasteiger partial charge in [-0.05, 0) is 60.7 Å². The summed E-state index contributed by atoms with van der Waals surface area (Å²) in [5.74, 6) is 1.86. The molecule has 1 atom stereocenters. The summed E-state index contributed by atoms with van der Waals surface area (Å²) in [6, 6.07) is 22.2. The number of fused-ring (bicyclic) bond motifs is 1. The summed E-state index contributed by atoms with van der Waals surface area (Å²) in [6.45, 7) is 2.42. The highest BCUT2D eigenvalue weighted by Gasteiger charge is 2.31. The minimum Gasteiger partial charge on any atom is -0.493 e. The molecule has 3 aromatic carbocycles. The van der Waals surface area contributed by atoms with Crippen LogP contribution >= 0.6 is 0 Å². The number of carbonyl (C=O) groups is 2. The molecule has 7 nitrogen and oxygen atoms in total. The van der Waals surface area contributed by atoms with Gasteiger partial charge in [0.15, 0.2) is 6.10 Å². The van der Waals surface area contributed by atoms with E-state index in [1.807, 2.05) is 55.5 Å². The number of amides is 2. The van der Waals surface area contributed by atoms with Gasteiger partial charge in [-0.25, -0.2) is 9.78 Å². The van der Waals surface area contributed by atoms with E-state index in [1.165, 1.54) is 0 Å². The normalized spacial score (nSPS) is 15.3. The highest BCUT2D eigenvalue weighted by atomic mass is 16.6. The van der Waals surface area contributed by atoms with Crippen LogP contribution < -0.4 is 10.1 Å². The molecule has 178 valence electrons. The molecule has 2 heterocycles. The number of aromatic nitrogens is 1. The number of carbonyl (C=O) groups excluding carboxylic acids is 2. The van der Waals surface area contributed by atoms with Gasteiger partial charge in [-0.2, -0.15) is 0 Å². The van der Waals surface area contributed by atoms with Crippen LogP contribution in [0.1, 0.15) is 29.9 Å². The maximum absolute atomic E-state index is 11.5. The van der Waals surface area contributed by atoms with E-state index in [0.717, 1.165) is 51.9 Å². The van der Waals surface area contributed by atoms with Gasteiger partial charge in [0.2, 0.25) is 5.89 Å². The minimum atomic E-state index is -0.675. The number of benzene rings is 3. The van der Waals surface area contributed by atoms with Crippen LogP contribution in [0.15, 0.2) is 71.1 Å². The molecule has 2 amide bonds. The largest absolute Gasteiger partial charge is 0.493 e. The topological polar surface area (TPSA) is 90.7 Å². The molecule has 1 aromatic heterocycles. The Bertz CT molecular complexity index is 1350. The first-order valence-electron chi connectivity index (χ1n) is 11.7. The average molecular weight is 471 g/mol. The first kappa shape index (κ1) is 22.7. The smallest absolute Gasteiger partial charge is 0.414 e. The molecule has 0 bridgehead atoms. The third-order valence-corrected chi connectivity index (χ3v) is 6.14. The van der Waals surface area contributed by atoms with Crippen molar-refractivity contribution in [2.45, 2.75) is 38.7 Å². The van der Waals surface area contributed by atoms with E-state index in [-0.39, 0.29) is 5.91 Å². The Hall–Kier alpha value is -4.13. The van der Waals surface area contributed by atoms with E-state index in [0.29, 0.717) is 25.3 Å². The molecule has 35 heavy (non-hydrogen) atoms. The van der Waals surface area contributed by atoms with Crippen LogP contribution in [-0.4, -0.2) is 29.7 Å². The van der Waals surface area contributed by atoms with Gasteiger partial charge in [-0.3, -0.25) is 10.1 Å². The summed E-state index contributed by atoms with van der Waals surface area (Å²) in [4.78, 5) is 27.3. The maximum atomic E-state index is 11.5. The fourth-order valence-corrected chi connectivity index (χ4v) is 4.28. The quantitative estimate of drug-likeness (QED) is 0.353. The number of alkyl carbamates (subject to hydrolysis) is 1. The van der Waals surface area contributed by atoms with Crippen LogP contribution in [0.4, 0.5) is 4.79 Å². The number of hydrogen-bond donors (Lipinski definition) is 1. The van der Waals surface area contributed by atoms with E-state index < -0.39 is 12.2 Å². The van der Waals surface area contributed by atoms with E-state index in [4.69, 9.17) is 18.9 Å². The van der Waals surface area contributed by atoms with Crippen molar-refractivity contribution >= 4 is 22.8 Å². The van der Waals surface area contributed by atoms with E-state index in [9.17, 15) is 9.59 Å². The molecule has 1 aliphatic rings. The molecular weight excluding hydrogens is 444 g/mol. The summed E-state index contributed by atoms with van der Waals surface area (Å²) in [7, 11) is 0. The first-order valence-corrected chi connectivity index (χ1v) is 11.7. The molecule has 5 rings (SSSR count). The third-order valence-electron chi connectivity index (χ3n) is 6.14. The summed E-state index contributed by atoms with van der Waals surface area (Å²) >= 11 is 0. The molecule has 1 unspecified atom stereocenters. The van der Waals surface area contributed by atoms with Gasteiger partial charge in [0.25, 0.3) is 5.91 Å². The number of aryl methyl sites for hydroxylation is 2. The Kier molecular flexibility index (Phi) is 6.48. The van der Waals surface area contributed by atoms with Gasteiger partial charge in [0, 0.05) is 12.0 Å². The fraction of sp³-hybridized carbons (Fsp3) is 0.250. The highest BCUT2D eigenvalue weighted by Crippen LogP contribution is 2.29. The molecule has 7 heteroatoms. The molecule has 1 N–H and O–H groups in total. The lowest BCUT2D eigenvalue weighted by atomic mass is 10.0. The first-order chi connectivity index (χ1) is 17.1. The predicted octanol–water partition coefficient (Wildman–Crippen LogP) is 5.38. The van der Waals surface area contributed by atoms with Crippen molar-refractivity contribution in [2.24, 2.45) is 0 Å². The zero-order valence-corrected chi connectivity index (χ0v) is 19.5. The van der Waals surface area contributed by atoms with Crippen molar-refractivity contribution in [1.82, 2.24) is 10.3 Å². The molecule has 1 aliphatic heterocycles. The number of ether oxygens (including phenoxy) is 2. The summed E-state index contributed by atoms with van der Waals surface area (Å²) in [6.07, 6.45) is 1.35. The number of oxazole rings is 1. The summed E-state index contributed by atoms with van der Waals surface area (Å²) in [5, 5.41) is 4.42. The predicted molar refractivity (Wildman–Crippen MR) is 131 cm³/mol. The minimum absolute atomic E-state index is 0.356. The molecular formula is C28H26N2O5. The fourth-order valence-electron chi connectivity index (χ4n) is 4.28. The summed E-state index contributed by atoms with van der Waals surface area (Å²) in [5.41, 5.74) is 3.01. The average Bonchev–Trinajstić information content (AvgIpc) is 3.40. The van der Waals surface area contributed by atoms with Crippen LogP contribution in [0, 0.1) is 6.92 Å². The molecule has 1 fully saturated rings. The second kappa shape index (κ2) is 10.0. The lowest BCUT2D eigenvalue weighted by Crippen LogP contribution is -2.24. The Balaban J connectivity index is 1.13. The van der Waals surface area contributed by atoms with Crippen LogP contribution in [0.5, 0.6) is 5.75 Å². The highest BCUT2D eigenvalue weighted by molar-refractivity contribution is 5.99. The van der Waals surface area contributed by atoms with Gasteiger partial charge in [-0.1, -0.05) is 48.5 Å². The standard InChI is InChI=1S/C28H26N2O5/c1-18-24(29-27(34-18)23-10-5-8-20-7-2-3-9-22(20)23)16-17-33-21-14-12-19(13-15-21)6-4-11-25-26(31)30-28(32)35-25/h2-3,5,7-10,12-15,25H,4,6,11,16-17H2,1H3,(H,30,31,32). The van der Waals surface area contributed by atoms with E-state index >= 15 is 0 Å². The zero-order valence-electron chi connectivity index (χ0n) is 19.5. The van der Waals surface area contributed by atoms with Crippen molar-refractivity contribution in [3.05, 3.63) is 83.7 Å². The number of nitrogens with zero attached hydrogens (tertiary/aromatic N) is 1. The van der Waals surface area contributed by atoms with Crippen LogP contribution in [-0.2, 0) is 22.4 Å². The van der Waals surface area contributed by atoms with Crippen molar-refractivity contribution in [3.8, 4) is 17.2 Å². The van der Waals surface area contributed by atoms with E-state index in [1.54, 1.807) is 0 Å². The van der Waals surface area contributed by atoms with Crippen molar-refractivity contribution in [1.29, 1.82) is 0 Å². The number of cyclic esters (lactones) is 1. The molecule has 0 radical (unpaired) electrons.